The maximum absolute atomic E-state index is 13.2. The summed E-state index contributed by atoms with van der Waals surface area (Å²) in [5, 5.41) is 11.3. The Kier molecular flexibility index (Phi) is 4.75. The van der Waals surface area contributed by atoms with Crippen LogP contribution in [-0.4, -0.2) is 41.4 Å². The van der Waals surface area contributed by atoms with Crippen LogP contribution in [0.3, 0.4) is 0 Å². The summed E-state index contributed by atoms with van der Waals surface area (Å²) < 4.78 is 13.2. The first-order chi connectivity index (χ1) is 13.8. The lowest BCUT2D eigenvalue weighted by molar-refractivity contribution is -0.123. The SMILES string of the molecule is Cc1ccc(N2C(=O)[C@H]3N=NN(CC(=O)Nc4ccc(F)c(Cl)c4)[C@H]3C2=O)cc1. The Hall–Kier alpha value is -3.33. The summed E-state index contributed by atoms with van der Waals surface area (Å²) in [6.45, 7) is 1.59. The van der Waals surface area contributed by atoms with E-state index in [9.17, 15) is 18.8 Å². The van der Waals surface area contributed by atoms with E-state index in [1.54, 1.807) is 24.3 Å². The number of nitrogens with one attached hydrogen (secondary N) is 1. The van der Waals surface area contributed by atoms with Crippen LogP contribution in [0.25, 0.3) is 0 Å². The van der Waals surface area contributed by atoms with Crippen LogP contribution in [0.5, 0.6) is 0 Å². The summed E-state index contributed by atoms with van der Waals surface area (Å²) in [6, 6.07) is 8.74. The van der Waals surface area contributed by atoms with Crippen molar-refractivity contribution in [2.45, 2.75) is 19.0 Å². The molecule has 0 bridgehead atoms. The van der Waals surface area contributed by atoms with Gasteiger partial charge in [0.05, 0.1) is 10.7 Å². The van der Waals surface area contributed by atoms with Crippen molar-refractivity contribution in [3.63, 3.8) is 0 Å². The molecule has 2 aromatic carbocycles. The van der Waals surface area contributed by atoms with Crippen LogP contribution < -0.4 is 10.2 Å². The molecule has 2 aliphatic rings. The highest BCUT2D eigenvalue weighted by Crippen LogP contribution is 2.32. The monoisotopic (exact) mass is 415 g/mol. The van der Waals surface area contributed by atoms with E-state index in [2.05, 4.69) is 15.7 Å². The molecule has 4 rings (SSSR count). The molecule has 29 heavy (non-hydrogen) atoms. The van der Waals surface area contributed by atoms with Gasteiger partial charge in [-0.3, -0.25) is 19.4 Å². The van der Waals surface area contributed by atoms with Crippen molar-refractivity contribution in [2.24, 2.45) is 10.3 Å². The Balaban J connectivity index is 1.48. The first kappa shape index (κ1) is 19.0. The number of rotatable bonds is 4. The zero-order chi connectivity index (χ0) is 20.7. The molecule has 8 nitrogen and oxygen atoms in total. The molecule has 0 aliphatic carbocycles. The van der Waals surface area contributed by atoms with E-state index in [-0.39, 0.29) is 11.6 Å². The van der Waals surface area contributed by atoms with Crippen LogP contribution in [-0.2, 0) is 14.4 Å². The smallest absolute Gasteiger partial charge is 0.263 e. The Bertz CT molecular complexity index is 1040. The Morgan fingerprint density at radius 3 is 2.59 bits per heavy atom. The predicted octanol–water partition coefficient (Wildman–Crippen LogP) is 2.72. The number of carbonyl (C=O) groups excluding carboxylic acids is 3. The fourth-order valence-electron chi connectivity index (χ4n) is 3.22. The second-order valence-corrected chi connectivity index (χ2v) is 7.12. The van der Waals surface area contributed by atoms with E-state index in [0.29, 0.717) is 11.4 Å². The molecule has 2 aromatic rings. The maximum Gasteiger partial charge on any atom is 0.263 e. The van der Waals surface area contributed by atoms with Gasteiger partial charge in [-0.25, -0.2) is 9.29 Å². The van der Waals surface area contributed by atoms with Gasteiger partial charge in [0.1, 0.15) is 12.4 Å². The van der Waals surface area contributed by atoms with E-state index < -0.39 is 35.6 Å². The van der Waals surface area contributed by atoms with Gasteiger partial charge >= 0.3 is 0 Å². The summed E-state index contributed by atoms with van der Waals surface area (Å²) in [7, 11) is 0. The number of hydrogen-bond donors (Lipinski definition) is 1. The molecule has 1 fully saturated rings. The fourth-order valence-corrected chi connectivity index (χ4v) is 3.40. The molecule has 2 heterocycles. The summed E-state index contributed by atoms with van der Waals surface area (Å²) in [5.41, 5.74) is 1.73. The second kappa shape index (κ2) is 7.25. The second-order valence-electron chi connectivity index (χ2n) is 6.72. The molecule has 0 spiro atoms. The molecular weight excluding hydrogens is 401 g/mol. The van der Waals surface area contributed by atoms with Crippen LogP contribution in [0, 0.1) is 12.7 Å². The van der Waals surface area contributed by atoms with Crippen LogP contribution in [0.15, 0.2) is 52.8 Å². The number of halogens is 2. The third kappa shape index (κ3) is 3.44. The van der Waals surface area contributed by atoms with Crippen molar-refractivity contribution in [3.8, 4) is 0 Å². The minimum atomic E-state index is -0.989. The predicted molar refractivity (Wildman–Crippen MR) is 103 cm³/mol. The highest BCUT2D eigenvalue weighted by molar-refractivity contribution is 6.31. The molecule has 1 N–H and O–H groups in total. The lowest BCUT2D eigenvalue weighted by Gasteiger charge is -2.20. The van der Waals surface area contributed by atoms with Gasteiger partial charge in [-0.1, -0.05) is 34.5 Å². The first-order valence-electron chi connectivity index (χ1n) is 8.72. The fraction of sp³-hybridized carbons (Fsp3) is 0.211. The molecule has 148 valence electrons. The highest BCUT2D eigenvalue weighted by Gasteiger charge is 2.55. The lowest BCUT2D eigenvalue weighted by atomic mass is 10.1. The molecule has 0 unspecified atom stereocenters. The van der Waals surface area contributed by atoms with Crippen molar-refractivity contribution in [2.75, 3.05) is 16.8 Å². The van der Waals surface area contributed by atoms with Gasteiger partial charge < -0.3 is 5.32 Å². The van der Waals surface area contributed by atoms with Gasteiger partial charge in [-0.2, -0.15) is 5.11 Å². The Morgan fingerprint density at radius 2 is 1.90 bits per heavy atom. The van der Waals surface area contributed by atoms with Gasteiger partial charge in [-0.15, -0.1) is 0 Å². The number of imide groups is 1. The van der Waals surface area contributed by atoms with Crippen molar-refractivity contribution in [1.29, 1.82) is 0 Å². The molecule has 10 heteroatoms. The van der Waals surface area contributed by atoms with Crippen LogP contribution >= 0.6 is 11.6 Å². The molecular formula is C19H15ClFN5O3. The average molecular weight is 416 g/mol. The van der Waals surface area contributed by atoms with Crippen molar-refractivity contribution < 1.29 is 18.8 Å². The van der Waals surface area contributed by atoms with E-state index in [0.717, 1.165) is 16.5 Å². The quantitative estimate of drug-likeness (QED) is 0.777. The van der Waals surface area contributed by atoms with E-state index >= 15 is 0 Å². The molecule has 0 radical (unpaired) electrons. The Morgan fingerprint density at radius 1 is 1.17 bits per heavy atom. The first-order valence-corrected chi connectivity index (χ1v) is 9.10. The highest BCUT2D eigenvalue weighted by atomic mass is 35.5. The number of fused-ring (bicyclic) bond motifs is 1. The van der Waals surface area contributed by atoms with Gasteiger partial charge in [0.25, 0.3) is 11.8 Å². The molecule has 1 saturated heterocycles. The number of benzene rings is 2. The van der Waals surface area contributed by atoms with Gasteiger partial charge in [-0.05, 0) is 37.3 Å². The number of aryl methyl sites for hydroxylation is 1. The van der Waals surface area contributed by atoms with E-state index in [1.807, 2.05) is 6.92 Å². The molecule has 0 aromatic heterocycles. The normalized spacial score (nSPS) is 20.4. The van der Waals surface area contributed by atoms with Gasteiger partial charge in [0.15, 0.2) is 12.1 Å². The summed E-state index contributed by atoms with van der Waals surface area (Å²) in [4.78, 5) is 38.9. The third-order valence-corrected chi connectivity index (χ3v) is 4.95. The maximum atomic E-state index is 13.2. The molecule has 0 saturated carbocycles. The molecule has 2 atom stereocenters. The number of hydrogen-bond acceptors (Lipinski definition) is 6. The molecule has 2 aliphatic heterocycles. The number of amides is 3. The van der Waals surface area contributed by atoms with Crippen LogP contribution in [0.4, 0.5) is 15.8 Å². The average Bonchev–Trinajstić information content (AvgIpc) is 3.19. The lowest BCUT2D eigenvalue weighted by Crippen LogP contribution is -2.43. The number of anilines is 2. The van der Waals surface area contributed by atoms with E-state index in [1.165, 1.54) is 17.1 Å². The standard InChI is InChI=1S/C19H15ClFN5O3/c1-10-2-5-12(6-3-10)26-18(28)16-17(19(26)29)25(24-23-16)9-15(27)22-11-4-7-14(21)13(20)8-11/h2-8,16-17H,9H2,1H3,(H,22,27)/t16-,17+/m0/s1. The minimum Gasteiger partial charge on any atom is -0.324 e. The summed E-state index contributed by atoms with van der Waals surface area (Å²) in [5.74, 6) is -2.10. The van der Waals surface area contributed by atoms with Crippen molar-refractivity contribution in [1.82, 2.24) is 5.01 Å². The van der Waals surface area contributed by atoms with Crippen LogP contribution in [0.2, 0.25) is 5.02 Å². The topological polar surface area (TPSA) is 94.4 Å². The summed E-state index contributed by atoms with van der Waals surface area (Å²) >= 11 is 5.70. The minimum absolute atomic E-state index is 0.131. The molecule has 3 amide bonds. The Labute approximate surface area is 169 Å². The largest absolute Gasteiger partial charge is 0.324 e. The number of carbonyl (C=O) groups is 3. The van der Waals surface area contributed by atoms with E-state index in [4.69, 9.17) is 11.6 Å². The van der Waals surface area contributed by atoms with Gasteiger partial charge in [0.2, 0.25) is 5.91 Å². The van der Waals surface area contributed by atoms with Crippen LogP contribution in [0.1, 0.15) is 5.56 Å². The zero-order valence-electron chi connectivity index (χ0n) is 15.2. The summed E-state index contributed by atoms with van der Waals surface area (Å²) in [6.07, 6.45) is 0. The zero-order valence-corrected chi connectivity index (χ0v) is 15.9. The number of nitrogens with zero attached hydrogens (tertiary/aromatic N) is 4. The third-order valence-electron chi connectivity index (χ3n) is 4.66. The van der Waals surface area contributed by atoms with Crippen molar-refractivity contribution >= 4 is 40.7 Å². The van der Waals surface area contributed by atoms with Gasteiger partial charge in [0, 0.05) is 5.69 Å². The van der Waals surface area contributed by atoms with Crippen molar-refractivity contribution in [3.05, 3.63) is 58.9 Å².